The smallest absolute Gasteiger partial charge is 0.230 e. The van der Waals surface area contributed by atoms with Gasteiger partial charge in [0.2, 0.25) is 11.8 Å². The molecule has 1 aliphatic rings. The first-order chi connectivity index (χ1) is 13.1. The zero-order valence-corrected chi connectivity index (χ0v) is 16.2. The van der Waals surface area contributed by atoms with Crippen LogP contribution in [0, 0.1) is 0 Å². The molecule has 142 valence electrons. The molecule has 0 unspecified atom stereocenters. The van der Waals surface area contributed by atoms with Gasteiger partial charge in [0, 0.05) is 56.3 Å². The monoisotopic (exact) mass is 384 g/mol. The largest absolute Gasteiger partial charge is 0.353 e. The molecule has 2 aromatic rings. The molecule has 1 saturated heterocycles. The van der Waals surface area contributed by atoms with Crippen LogP contribution in [0.2, 0.25) is 0 Å². The summed E-state index contributed by atoms with van der Waals surface area (Å²) in [6.45, 7) is 4.95. The van der Waals surface area contributed by atoms with Crippen LogP contribution in [0.15, 0.2) is 53.6 Å². The molecule has 1 aromatic heterocycles. The normalized spacial score (nSPS) is 14.1. The first-order valence-corrected chi connectivity index (χ1v) is 10.0. The van der Waals surface area contributed by atoms with Crippen LogP contribution in [0.3, 0.4) is 0 Å². The second-order valence-corrected chi connectivity index (χ2v) is 7.41. The fourth-order valence-electron chi connectivity index (χ4n) is 3.00. The van der Waals surface area contributed by atoms with E-state index in [-0.39, 0.29) is 11.8 Å². The van der Waals surface area contributed by atoms with E-state index in [0.717, 1.165) is 29.4 Å². The fraction of sp³-hybridized carbons (Fsp3) is 0.350. The SMILES string of the molecule is CC(=O)N1CCN(c2ncccc2CNC(=O)CSc2ccccc2)CC1. The summed E-state index contributed by atoms with van der Waals surface area (Å²) in [5, 5.41) is 2.98. The molecule has 0 aliphatic carbocycles. The topological polar surface area (TPSA) is 65.5 Å². The van der Waals surface area contributed by atoms with Crippen molar-refractivity contribution in [3.05, 3.63) is 54.2 Å². The summed E-state index contributed by atoms with van der Waals surface area (Å²) < 4.78 is 0. The van der Waals surface area contributed by atoms with E-state index in [4.69, 9.17) is 0 Å². The molecule has 27 heavy (non-hydrogen) atoms. The van der Waals surface area contributed by atoms with Crippen molar-refractivity contribution in [3.63, 3.8) is 0 Å². The number of benzene rings is 1. The number of thioether (sulfide) groups is 1. The Kier molecular flexibility index (Phi) is 6.70. The van der Waals surface area contributed by atoms with Gasteiger partial charge < -0.3 is 15.1 Å². The Labute approximate surface area is 164 Å². The van der Waals surface area contributed by atoms with Gasteiger partial charge in [-0.05, 0) is 18.2 Å². The van der Waals surface area contributed by atoms with E-state index in [9.17, 15) is 9.59 Å². The fourth-order valence-corrected chi connectivity index (χ4v) is 3.75. The van der Waals surface area contributed by atoms with Gasteiger partial charge in [0.05, 0.1) is 5.75 Å². The van der Waals surface area contributed by atoms with E-state index in [1.165, 1.54) is 11.8 Å². The minimum absolute atomic E-state index is 0.0000510. The summed E-state index contributed by atoms with van der Waals surface area (Å²) in [7, 11) is 0. The number of anilines is 1. The number of amides is 2. The second kappa shape index (κ2) is 9.41. The minimum atomic E-state index is 0.0000510. The Morgan fingerprint density at radius 3 is 2.52 bits per heavy atom. The second-order valence-electron chi connectivity index (χ2n) is 6.36. The summed E-state index contributed by atoms with van der Waals surface area (Å²) in [4.78, 5) is 33.3. The third kappa shape index (κ3) is 5.47. The maximum Gasteiger partial charge on any atom is 0.230 e. The number of nitrogens with one attached hydrogen (secondary N) is 1. The molecule has 6 nitrogen and oxygen atoms in total. The van der Waals surface area contributed by atoms with E-state index in [1.807, 2.05) is 47.4 Å². The van der Waals surface area contributed by atoms with Gasteiger partial charge in [0.25, 0.3) is 0 Å². The van der Waals surface area contributed by atoms with Crippen LogP contribution in [-0.2, 0) is 16.1 Å². The lowest BCUT2D eigenvalue weighted by Gasteiger charge is -2.35. The van der Waals surface area contributed by atoms with Crippen molar-refractivity contribution in [2.45, 2.75) is 18.4 Å². The minimum Gasteiger partial charge on any atom is -0.353 e. The van der Waals surface area contributed by atoms with Crippen LogP contribution < -0.4 is 10.2 Å². The van der Waals surface area contributed by atoms with E-state index >= 15 is 0 Å². The van der Waals surface area contributed by atoms with Gasteiger partial charge in [-0.15, -0.1) is 11.8 Å². The highest BCUT2D eigenvalue weighted by Crippen LogP contribution is 2.20. The highest BCUT2D eigenvalue weighted by molar-refractivity contribution is 8.00. The third-order valence-corrected chi connectivity index (χ3v) is 5.49. The quantitative estimate of drug-likeness (QED) is 0.773. The molecule has 1 fully saturated rings. The van der Waals surface area contributed by atoms with E-state index in [1.54, 1.807) is 13.1 Å². The molecule has 0 saturated carbocycles. The van der Waals surface area contributed by atoms with Crippen molar-refractivity contribution >= 4 is 29.4 Å². The molecule has 3 rings (SSSR count). The molecule has 7 heteroatoms. The summed E-state index contributed by atoms with van der Waals surface area (Å²) in [5.41, 5.74) is 0.992. The summed E-state index contributed by atoms with van der Waals surface area (Å²) in [6, 6.07) is 13.8. The van der Waals surface area contributed by atoms with Gasteiger partial charge in [0.15, 0.2) is 0 Å². The number of carbonyl (C=O) groups is 2. The highest BCUT2D eigenvalue weighted by atomic mass is 32.2. The number of pyridine rings is 1. The van der Waals surface area contributed by atoms with E-state index < -0.39 is 0 Å². The van der Waals surface area contributed by atoms with Gasteiger partial charge in [-0.1, -0.05) is 24.3 Å². The molecule has 2 amide bonds. The molecule has 1 aliphatic heterocycles. The molecular formula is C20H24N4O2S. The molecule has 1 aromatic carbocycles. The Morgan fingerprint density at radius 2 is 1.81 bits per heavy atom. The molecule has 0 bridgehead atoms. The molecule has 1 N–H and O–H groups in total. The zero-order valence-electron chi connectivity index (χ0n) is 15.4. The van der Waals surface area contributed by atoms with Gasteiger partial charge in [-0.2, -0.15) is 0 Å². The number of nitrogens with zero attached hydrogens (tertiary/aromatic N) is 3. The summed E-state index contributed by atoms with van der Waals surface area (Å²) in [5.74, 6) is 1.38. The number of carbonyl (C=O) groups excluding carboxylic acids is 2. The van der Waals surface area contributed by atoms with Gasteiger partial charge in [0.1, 0.15) is 5.82 Å². The summed E-state index contributed by atoms with van der Waals surface area (Å²) >= 11 is 1.52. The number of aromatic nitrogens is 1. The van der Waals surface area contributed by atoms with Crippen molar-refractivity contribution in [1.29, 1.82) is 0 Å². The molecule has 2 heterocycles. The maximum atomic E-state index is 12.2. The Balaban J connectivity index is 1.53. The lowest BCUT2D eigenvalue weighted by molar-refractivity contribution is -0.129. The van der Waals surface area contributed by atoms with Crippen LogP contribution in [0.4, 0.5) is 5.82 Å². The Morgan fingerprint density at radius 1 is 1.07 bits per heavy atom. The lowest BCUT2D eigenvalue weighted by atomic mass is 10.2. The molecule has 0 spiro atoms. The van der Waals surface area contributed by atoms with E-state index in [2.05, 4.69) is 15.2 Å². The number of hydrogen-bond acceptors (Lipinski definition) is 5. The maximum absolute atomic E-state index is 12.2. The highest BCUT2D eigenvalue weighted by Gasteiger charge is 2.21. The van der Waals surface area contributed by atoms with Crippen LogP contribution in [-0.4, -0.2) is 53.6 Å². The lowest BCUT2D eigenvalue weighted by Crippen LogP contribution is -2.48. The first kappa shape index (κ1) is 19.2. The Bertz CT molecular complexity index is 777. The standard InChI is InChI=1S/C20H24N4O2S/c1-16(25)23-10-12-24(13-11-23)20-17(6-5-9-21-20)14-22-19(26)15-27-18-7-3-2-4-8-18/h2-9H,10-15H2,1H3,(H,22,26). The predicted molar refractivity (Wildman–Crippen MR) is 108 cm³/mol. The van der Waals surface area contributed by atoms with Gasteiger partial charge >= 0.3 is 0 Å². The molecule has 0 radical (unpaired) electrons. The van der Waals surface area contributed by atoms with Crippen LogP contribution in [0.25, 0.3) is 0 Å². The van der Waals surface area contributed by atoms with Crippen LogP contribution in [0.5, 0.6) is 0 Å². The van der Waals surface area contributed by atoms with Crippen molar-refractivity contribution in [2.24, 2.45) is 0 Å². The van der Waals surface area contributed by atoms with Gasteiger partial charge in [-0.3, -0.25) is 9.59 Å². The van der Waals surface area contributed by atoms with E-state index in [0.29, 0.717) is 25.4 Å². The summed E-state index contributed by atoms with van der Waals surface area (Å²) in [6.07, 6.45) is 1.77. The van der Waals surface area contributed by atoms with Gasteiger partial charge in [-0.25, -0.2) is 4.98 Å². The molecule has 0 atom stereocenters. The zero-order chi connectivity index (χ0) is 19.1. The van der Waals surface area contributed by atoms with Crippen molar-refractivity contribution in [1.82, 2.24) is 15.2 Å². The number of piperazine rings is 1. The average Bonchev–Trinajstić information content (AvgIpc) is 2.72. The van der Waals surface area contributed by atoms with Crippen molar-refractivity contribution < 1.29 is 9.59 Å². The van der Waals surface area contributed by atoms with Crippen molar-refractivity contribution in [3.8, 4) is 0 Å². The number of hydrogen-bond donors (Lipinski definition) is 1. The average molecular weight is 385 g/mol. The third-order valence-electron chi connectivity index (χ3n) is 4.48. The number of rotatable bonds is 6. The van der Waals surface area contributed by atoms with Crippen LogP contribution >= 0.6 is 11.8 Å². The van der Waals surface area contributed by atoms with Crippen LogP contribution in [0.1, 0.15) is 12.5 Å². The predicted octanol–water partition coefficient (Wildman–Crippen LogP) is 2.16. The van der Waals surface area contributed by atoms with Crippen molar-refractivity contribution in [2.75, 3.05) is 36.8 Å². The molecular weight excluding hydrogens is 360 g/mol. The first-order valence-electron chi connectivity index (χ1n) is 9.02. The Hall–Kier alpha value is -2.54.